The molecular formula is C10H23O4P. The summed E-state index contributed by atoms with van der Waals surface area (Å²) in [5.41, 5.74) is 0. The van der Waals surface area contributed by atoms with Gasteiger partial charge in [0.05, 0.1) is 19.8 Å². The van der Waals surface area contributed by atoms with Crippen LogP contribution in [0.25, 0.3) is 0 Å². The van der Waals surface area contributed by atoms with Gasteiger partial charge in [-0.3, -0.25) is 13.6 Å². The number of hydrogen-bond acceptors (Lipinski definition) is 4. The zero-order chi connectivity index (χ0) is 21.2. The highest BCUT2D eigenvalue weighted by Gasteiger charge is 2.24. The summed E-state index contributed by atoms with van der Waals surface area (Å²) in [6.45, 7) is -2.25. The van der Waals surface area contributed by atoms with E-state index in [1.165, 1.54) is 13.8 Å². The monoisotopic (exact) mass is 249 g/mol. The molecule has 0 aromatic carbocycles. The SMILES string of the molecule is [2H]C([2H])([2H])C([2H])([2H])C([2H])([2H])C([2H])([2H])C([2H])([2H])COP(=O)(OCC)OCC. The summed E-state index contributed by atoms with van der Waals surface area (Å²) in [7, 11) is -4.24. The first kappa shape index (κ1) is 4.77. The molecule has 0 aliphatic rings. The molecule has 0 aliphatic heterocycles. The number of phosphoric acid groups is 1. The first-order chi connectivity index (χ1) is 11.3. The molecule has 0 unspecified atom stereocenters. The fraction of sp³-hybridized carbons (Fsp3) is 1.00. The second kappa shape index (κ2) is 9.34. The average molecular weight is 249 g/mol. The van der Waals surface area contributed by atoms with Gasteiger partial charge in [-0.15, -0.1) is 0 Å². The van der Waals surface area contributed by atoms with Crippen molar-refractivity contribution in [2.45, 2.75) is 46.2 Å². The van der Waals surface area contributed by atoms with Gasteiger partial charge in [-0.05, 0) is 20.2 Å². The first-order valence-corrected chi connectivity index (χ1v) is 5.82. The molecule has 0 amide bonds. The van der Waals surface area contributed by atoms with Gasteiger partial charge in [0.15, 0.2) is 0 Å². The lowest BCUT2D eigenvalue weighted by Crippen LogP contribution is -2.01. The van der Waals surface area contributed by atoms with Crippen LogP contribution in [0.4, 0.5) is 0 Å². The molecule has 0 N–H and O–H groups in total. The van der Waals surface area contributed by atoms with E-state index in [9.17, 15) is 4.57 Å². The summed E-state index contributed by atoms with van der Waals surface area (Å²) < 4.78 is 109. The molecule has 0 heterocycles. The van der Waals surface area contributed by atoms with Gasteiger partial charge >= 0.3 is 7.82 Å². The van der Waals surface area contributed by atoms with Gasteiger partial charge in [-0.2, -0.15) is 0 Å². The van der Waals surface area contributed by atoms with Gasteiger partial charge in [-0.25, -0.2) is 4.57 Å². The Kier molecular flexibility index (Phi) is 2.97. The van der Waals surface area contributed by atoms with Crippen LogP contribution in [0.3, 0.4) is 0 Å². The zero-order valence-corrected chi connectivity index (χ0v) is 9.60. The predicted octanol–water partition coefficient (Wildman–Crippen LogP) is 3.76. The highest BCUT2D eigenvalue weighted by molar-refractivity contribution is 7.48. The van der Waals surface area contributed by atoms with Crippen LogP contribution in [0.2, 0.25) is 0 Å². The molecular weight excluding hydrogens is 215 g/mol. The maximum Gasteiger partial charge on any atom is 0.474 e. The summed E-state index contributed by atoms with van der Waals surface area (Å²) in [6.07, 6.45) is -14.5. The summed E-state index contributed by atoms with van der Waals surface area (Å²) >= 11 is 0. The van der Waals surface area contributed by atoms with E-state index in [-0.39, 0.29) is 13.2 Å². The Morgan fingerprint density at radius 2 is 1.80 bits per heavy atom. The molecule has 0 aromatic heterocycles. The van der Waals surface area contributed by atoms with Gasteiger partial charge in [0.2, 0.25) is 0 Å². The Bertz CT molecular complexity index is 510. The molecule has 0 spiro atoms. The topological polar surface area (TPSA) is 44.8 Å². The summed E-state index contributed by atoms with van der Waals surface area (Å²) in [5.74, 6) is 0. The second-order valence-corrected chi connectivity index (χ2v) is 3.78. The molecule has 15 heavy (non-hydrogen) atoms. The van der Waals surface area contributed by atoms with Gasteiger partial charge < -0.3 is 0 Å². The van der Waals surface area contributed by atoms with Crippen LogP contribution < -0.4 is 0 Å². The largest absolute Gasteiger partial charge is 0.474 e. The van der Waals surface area contributed by atoms with Crippen molar-refractivity contribution >= 4 is 7.82 Å². The molecule has 0 radical (unpaired) electrons. The van der Waals surface area contributed by atoms with Crippen LogP contribution in [0.15, 0.2) is 0 Å². The van der Waals surface area contributed by atoms with Crippen molar-refractivity contribution in [1.29, 1.82) is 0 Å². The molecule has 92 valence electrons. The maximum absolute atomic E-state index is 12.2. The predicted molar refractivity (Wildman–Crippen MR) is 61.0 cm³/mol. The summed E-state index contributed by atoms with van der Waals surface area (Å²) in [6, 6.07) is 0. The third-order valence-electron chi connectivity index (χ3n) is 1.08. The van der Waals surface area contributed by atoms with E-state index >= 15 is 0 Å². The lowest BCUT2D eigenvalue weighted by atomic mass is 10.2. The van der Waals surface area contributed by atoms with E-state index in [0.29, 0.717) is 0 Å². The standard InChI is InChI=1S/C10H23O4P/c1-4-7-8-9-10-14-15(11,12-5-2)13-6-3/h4-10H2,1-3H3/i1D3,4D2,7D2,8D2,9D2. The molecule has 4 nitrogen and oxygen atoms in total. The number of hydrogen-bond donors (Lipinski definition) is 0. The second-order valence-electron chi connectivity index (χ2n) is 2.11. The van der Waals surface area contributed by atoms with Crippen LogP contribution >= 0.6 is 7.82 Å². The lowest BCUT2D eigenvalue weighted by molar-refractivity contribution is 0.120. The van der Waals surface area contributed by atoms with Crippen molar-refractivity contribution in [3.63, 3.8) is 0 Å². The minimum absolute atomic E-state index is 0.129. The van der Waals surface area contributed by atoms with E-state index in [2.05, 4.69) is 0 Å². The van der Waals surface area contributed by atoms with Crippen molar-refractivity contribution in [1.82, 2.24) is 0 Å². The Hall–Kier alpha value is 0.110. The average Bonchev–Trinajstić information content (AvgIpc) is 2.44. The van der Waals surface area contributed by atoms with Crippen molar-refractivity contribution in [3.8, 4) is 0 Å². The van der Waals surface area contributed by atoms with Crippen LogP contribution in [-0.2, 0) is 18.1 Å². The molecule has 0 rings (SSSR count). The van der Waals surface area contributed by atoms with Gasteiger partial charge in [-0.1, -0.05) is 26.0 Å². The van der Waals surface area contributed by atoms with E-state index < -0.39 is 46.8 Å². The Balaban J connectivity index is 5.71. The molecule has 0 bridgehead atoms. The quantitative estimate of drug-likeness (QED) is 0.553. The molecule has 0 aromatic rings. The van der Waals surface area contributed by atoms with Crippen molar-refractivity contribution in [3.05, 3.63) is 0 Å². The Labute approximate surface area is 108 Å². The van der Waals surface area contributed by atoms with Crippen molar-refractivity contribution < 1.29 is 33.2 Å². The third kappa shape index (κ3) is 7.97. The molecule has 0 fully saturated rings. The molecule has 0 saturated carbocycles. The van der Waals surface area contributed by atoms with Crippen LogP contribution in [0.5, 0.6) is 0 Å². The molecule has 0 atom stereocenters. The van der Waals surface area contributed by atoms with Gasteiger partial charge in [0.1, 0.15) is 0 Å². The van der Waals surface area contributed by atoms with Crippen molar-refractivity contribution in [2.75, 3.05) is 19.8 Å². The lowest BCUT2D eigenvalue weighted by Gasteiger charge is -2.16. The van der Waals surface area contributed by atoms with Crippen LogP contribution in [0.1, 0.15) is 61.3 Å². The molecule has 5 heteroatoms. The minimum Gasteiger partial charge on any atom is -0.287 e. The number of phosphoric ester groups is 1. The number of rotatable bonds is 10. The Morgan fingerprint density at radius 3 is 2.33 bits per heavy atom. The van der Waals surface area contributed by atoms with Crippen LogP contribution in [-0.4, -0.2) is 19.8 Å². The Morgan fingerprint density at radius 1 is 1.13 bits per heavy atom. The van der Waals surface area contributed by atoms with Gasteiger partial charge in [0, 0.05) is 15.1 Å². The first-order valence-electron chi connectivity index (χ1n) is 9.86. The highest BCUT2D eigenvalue weighted by Crippen LogP contribution is 2.49. The maximum atomic E-state index is 12.2. The summed E-state index contributed by atoms with van der Waals surface area (Å²) in [4.78, 5) is 0. The van der Waals surface area contributed by atoms with Crippen molar-refractivity contribution in [2.24, 2.45) is 0 Å². The minimum atomic E-state index is -4.24. The smallest absolute Gasteiger partial charge is 0.287 e. The van der Waals surface area contributed by atoms with E-state index in [1.54, 1.807) is 0 Å². The molecule has 0 saturated heterocycles. The highest BCUT2D eigenvalue weighted by atomic mass is 31.2. The fourth-order valence-corrected chi connectivity index (χ4v) is 1.73. The van der Waals surface area contributed by atoms with E-state index in [0.717, 1.165) is 0 Å². The van der Waals surface area contributed by atoms with E-state index in [1.807, 2.05) is 0 Å². The third-order valence-corrected chi connectivity index (χ3v) is 2.68. The fourth-order valence-electron chi connectivity index (χ4n) is 0.651. The van der Waals surface area contributed by atoms with Crippen LogP contribution in [0, 0.1) is 0 Å². The van der Waals surface area contributed by atoms with Gasteiger partial charge in [0.25, 0.3) is 0 Å². The van der Waals surface area contributed by atoms with E-state index in [4.69, 9.17) is 28.6 Å². The summed E-state index contributed by atoms with van der Waals surface area (Å²) in [5, 5.41) is 0. The zero-order valence-electron chi connectivity index (χ0n) is 19.7. The molecule has 0 aliphatic carbocycles. The normalized spacial score (nSPS) is 27.5.